The number of aliphatic imine (C=N–C) groups is 1. The van der Waals surface area contributed by atoms with Crippen LogP contribution in [-0.4, -0.2) is 22.8 Å². The molecule has 2 N–H and O–H groups in total. The van der Waals surface area contributed by atoms with Crippen LogP contribution in [0.5, 0.6) is 5.75 Å². The Morgan fingerprint density at radius 1 is 1.31 bits per heavy atom. The number of halogens is 1. The number of anilines is 1. The average molecular weight is 407 g/mol. The minimum absolute atomic E-state index is 0.199. The van der Waals surface area contributed by atoms with Gasteiger partial charge in [0.1, 0.15) is 11.8 Å². The number of hydrogen-bond acceptors (Lipinski definition) is 3. The van der Waals surface area contributed by atoms with Crippen molar-refractivity contribution in [3.05, 3.63) is 94.6 Å². The molecule has 0 saturated heterocycles. The lowest BCUT2D eigenvalue weighted by molar-refractivity contribution is -0.117. The first-order valence-electron chi connectivity index (χ1n) is 9.26. The van der Waals surface area contributed by atoms with E-state index >= 15 is 0 Å². The number of nitrogens with one attached hydrogen (secondary N) is 1. The number of fused-ring (bicyclic) bond motifs is 1. The van der Waals surface area contributed by atoms with E-state index in [1.807, 2.05) is 26.0 Å². The maximum Gasteiger partial charge on any atom is 0.249 e. The van der Waals surface area contributed by atoms with Crippen LogP contribution in [0, 0.1) is 6.92 Å². The van der Waals surface area contributed by atoms with Gasteiger partial charge >= 0.3 is 0 Å². The van der Waals surface area contributed by atoms with Gasteiger partial charge in [0.05, 0.1) is 11.4 Å². The van der Waals surface area contributed by atoms with Gasteiger partial charge in [-0.1, -0.05) is 42.5 Å². The summed E-state index contributed by atoms with van der Waals surface area (Å²) in [5.41, 5.74) is 5.33. The number of rotatable bonds is 5. The van der Waals surface area contributed by atoms with E-state index in [1.54, 1.807) is 36.4 Å². The second-order valence-electron chi connectivity index (χ2n) is 7.09. The zero-order chi connectivity index (χ0) is 21.1. The number of aryl methyl sites for hydroxylation is 1. The second-order valence-corrected chi connectivity index (χ2v) is 7.52. The fraction of sp³-hybridized carbons (Fsp3) is 0.167. The molecule has 1 amide bonds. The molecule has 148 valence electrons. The molecule has 0 bridgehead atoms. The number of hydrogen-bond donors (Lipinski definition) is 2. The topological polar surface area (TPSA) is 61.7 Å². The Labute approximate surface area is 175 Å². The summed E-state index contributed by atoms with van der Waals surface area (Å²) in [5.74, 6) is 0.00816. The minimum atomic E-state index is -0.645. The van der Waals surface area contributed by atoms with Crippen molar-refractivity contribution in [3.8, 4) is 5.75 Å². The van der Waals surface area contributed by atoms with Crippen LogP contribution in [0.15, 0.2) is 77.8 Å². The number of phenols is 1. The molecule has 0 spiro atoms. The molecular weight excluding hydrogens is 384 g/mol. The van der Waals surface area contributed by atoms with Crippen molar-refractivity contribution < 1.29 is 9.90 Å². The van der Waals surface area contributed by atoms with Gasteiger partial charge in [0.2, 0.25) is 5.91 Å². The van der Waals surface area contributed by atoms with E-state index in [2.05, 4.69) is 18.5 Å². The maximum atomic E-state index is 12.9. The van der Waals surface area contributed by atoms with Crippen molar-refractivity contribution in [2.75, 3.05) is 5.32 Å². The first-order chi connectivity index (χ1) is 13.8. The molecule has 1 heterocycles. The van der Waals surface area contributed by atoms with Gasteiger partial charge in [-0.2, -0.15) is 0 Å². The Morgan fingerprint density at radius 3 is 2.72 bits per heavy atom. The predicted molar refractivity (Wildman–Crippen MR) is 120 cm³/mol. The summed E-state index contributed by atoms with van der Waals surface area (Å²) < 4.78 is 0. The molecular formula is C24H23ClN2O2. The monoisotopic (exact) mass is 406 g/mol. The molecule has 0 saturated carbocycles. The highest BCUT2D eigenvalue weighted by molar-refractivity contribution is 6.32. The SMILES string of the molecule is C=CC=C(CC1N=C(c2ccc(O)c(C)c2)c2cc(Cl)ccc2NC1=O)C(=C)C. The highest BCUT2D eigenvalue weighted by atomic mass is 35.5. The zero-order valence-corrected chi connectivity index (χ0v) is 17.3. The Morgan fingerprint density at radius 2 is 2.07 bits per heavy atom. The van der Waals surface area contributed by atoms with Crippen molar-refractivity contribution in [2.24, 2.45) is 4.99 Å². The van der Waals surface area contributed by atoms with E-state index in [9.17, 15) is 9.90 Å². The number of phenolic OH excluding ortho intramolecular Hbond substituents is 1. The van der Waals surface area contributed by atoms with Gasteiger partial charge in [-0.15, -0.1) is 0 Å². The van der Waals surface area contributed by atoms with Gasteiger partial charge in [-0.05, 0) is 61.4 Å². The predicted octanol–water partition coefficient (Wildman–Crippen LogP) is 5.59. The number of carbonyl (C=O) groups is 1. The fourth-order valence-electron chi connectivity index (χ4n) is 3.23. The van der Waals surface area contributed by atoms with E-state index in [-0.39, 0.29) is 11.7 Å². The van der Waals surface area contributed by atoms with Crippen LogP contribution in [0.3, 0.4) is 0 Å². The summed E-state index contributed by atoms with van der Waals surface area (Å²) in [6, 6.07) is 9.93. The van der Waals surface area contributed by atoms with Crippen molar-refractivity contribution in [3.63, 3.8) is 0 Å². The number of allylic oxidation sites excluding steroid dienone is 3. The number of benzene rings is 2. The number of aromatic hydroxyl groups is 1. The highest BCUT2D eigenvalue weighted by Gasteiger charge is 2.27. The molecule has 4 nitrogen and oxygen atoms in total. The molecule has 2 aromatic rings. The van der Waals surface area contributed by atoms with Crippen LogP contribution in [-0.2, 0) is 4.79 Å². The second kappa shape index (κ2) is 8.50. The van der Waals surface area contributed by atoms with Crippen LogP contribution in [0.25, 0.3) is 0 Å². The molecule has 0 radical (unpaired) electrons. The van der Waals surface area contributed by atoms with E-state index in [0.29, 0.717) is 22.8 Å². The Hall–Kier alpha value is -3.11. The zero-order valence-electron chi connectivity index (χ0n) is 16.5. The third-order valence-corrected chi connectivity index (χ3v) is 5.07. The lowest BCUT2D eigenvalue weighted by atomic mass is 9.98. The molecule has 3 rings (SSSR count). The lowest BCUT2D eigenvalue weighted by Crippen LogP contribution is -2.26. The number of nitrogens with zero attached hydrogens (tertiary/aromatic N) is 1. The van der Waals surface area contributed by atoms with Crippen molar-refractivity contribution in [1.82, 2.24) is 0 Å². The smallest absolute Gasteiger partial charge is 0.249 e. The lowest BCUT2D eigenvalue weighted by Gasteiger charge is -2.14. The highest BCUT2D eigenvalue weighted by Crippen LogP contribution is 2.30. The van der Waals surface area contributed by atoms with Crippen LogP contribution in [0.4, 0.5) is 5.69 Å². The molecule has 29 heavy (non-hydrogen) atoms. The summed E-state index contributed by atoms with van der Waals surface area (Å²) in [6.45, 7) is 11.5. The molecule has 5 heteroatoms. The molecule has 1 aliphatic rings. The standard InChI is InChI=1S/C24H23ClN2O2/c1-5-6-16(14(2)3)12-21-24(29)27-20-9-8-18(25)13-19(20)23(26-21)17-7-10-22(28)15(4)11-17/h5-11,13,21,28H,1-2,12H2,3-4H3,(H,27,29). The summed E-state index contributed by atoms with van der Waals surface area (Å²) in [5, 5.41) is 13.4. The third-order valence-electron chi connectivity index (χ3n) is 4.83. The third kappa shape index (κ3) is 4.49. The van der Waals surface area contributed by atoms with E-state index in [4.69, 9.17) is 16.6 Å². The average Bonchev–Trinajstić information content (AvgIpc) is 2.80. The van der Waals surface area contributed by atoms with Crippen LogP contribution in [0.1, 0.15) is 30.0 Å². The van der Waals surface area contributed by atoms with Crippen molar-refractivity contribution in [1.29, 1.82) is 0 Å². The summed E-state index contributed by atoms with van der Waals surface area (Å²) in [6.07, 6.45) is 3.93. The summed E-state index contributed by atoms with van der Waals surface area (Å²) in [7, 11) is 0. The van der Waals surface area contributed by atoms with Gasteiger partial charge < -0.3 is 10.4 Å². The van der Waals surface area contributed by atoms with Crippen LogP contribution >= 0.6 is 11.6 Å². The molecule has 0 aliphatic carbocycles. The van der Waals surface area contributed by atoms with Crippen molar-refractivity contribution >= 4 is 28.9 Å². The first kappa shape index (κ1) is 20.6. The van der Waals surface area contributed by atoms with E-state index in [0.717, 1.165) is 27.8 Å². The molecule has 0 fully saturated rings. The van der Waals surface area contributed by atoms with Crippen molar-refractivity contribution in [2.45, 2.75) is 26.3 Å². The maximum absolute atomic E-state index is 12.9. The first-order valence-corrected chi connectivity index (χ1v) is 9.64. The minimum Gasteiger partial charge on any atom is -0.508 e. The number of benzodiazepines with no additional fused rings is 1. The van der Waals surface area contributed by atoms with E-state index < -0.39 is 6.04 Å². The molecule has 1 atom stereocenters. The van der Waals surface area contributed by atoms with Gasteiger partial charge in [0.25, 0.3) is 0 Å². The van der Waals surface area contributed by atoms with Crippen LogP contribution in [0.2, 0.25) is 5.02 Å². The molecule has 1 unspecified atom stereocenters. The Kier molecular flexibility index (Phi) is 6.04. The Bertz CT molecular complexity index is 1070. The molecule has 1 aliphatic heterocycles. The molecule has 0 aromatic heterocycles. The van der Waals surface area contributed by atoms with Gasteiger partial charge in [0.15, 0.2) is 0 Å². The molecule has 2 aromatic carbocycles. The fourth-order valence-corrected chi connectivity index (χ4v) is 3.40. The van der Waals surface area contributed by atoms with E-state index in [1.165, 1.54) is 0 Å². The summed E-state index contributed by atoms with van der Waals surface area (Å²) in [4.78, 5) is 17.8. The van der Waals surface area contributed by atoms with Crippen LogP contribution < -0.4 is 5.32 Å². The largest absolute Gasteiger partial charge is 0.508 e. The number of carbonyl (C=O) groups excluding carboxylic acids is 1. The summed E-state index contributed by atoms with van der Waals surface area (Å²) >= 11 is 6.24. The van der Waals surface area contributed by atoms with Gasteiger partial charge in [0, 0.05) is 22.6 Å². The van der Waals surface area contributed by atoms with Gasteiger partial charge in [-0.3, -0.25) is 9.79 Å². The quantitative estimate of drug-likeness (QED) is 0.635. The number of amides is 1. The van der Waals surface area contributed by atoms with Gasteiger partial charge in [-0.25, -0.2) is 0 Å². The Balaban J connectivity index is 2.17. The normalized spacial score (nSPS) is 16.4.